The zero-order chi connectivity index (χ0) is 19.0. The fourth-order valence-corrected chi connectivity index (χ4v) is 3.56. The molecule has 27 heavy (non-hydrogen) atoms. The fourth-order valence-electron chi connectivity index (χ4n) is 2.71. The average molecular weight is 382 g/mol. The van der Waals surface area contributed by atoms with Gasteiger partial charge in [0.2, 0.25) is 0 Å². The molecule has 1 aromatic heterocycles. The van der Waals surface area contributed by atoms with Gasteiger partial charge in [0, 0.05) is 11.1 Å². The molecule has 2 N–H and O–H groups in total. The van der Waals surface area contributed by atoms with Gasteiger partial charge in [-0.2, -0.15) is 5.10 Å². The highest BCUT2D eigenvalue weighted by Gasteiger charge is 2.33. The van der Waals surface area contributed by atoms with E-state index in [1.807, 2.05) is 0 Å². The molecule has 134 valence electrons. The zero-order valence-electron chi connectivity index (χ0n) is 13.7. The molecule has 1 amide bonds. The number of carbonyl (C=O) groups is 1. The Hall–Kier alpha value is -3.26. The number of hydrogen-bond acceptors (Lipinski definition) is 4. The summed E-state index contributed by atoms with van der Waals surface area (Å²) in [7, 11) is 0. The first-order valence-corrected chi connectivity index (χ1v) is 8.72. The van der Waals surface area contributed by atoms with Crippen LogP contribution in [0.25, 0.3) is 17.3 Å². The Labute approximate surface area is 157 Å². The van der Waals surface area contributed by atoms with Crippen LogP contribution in [0.2, 0.25) is 0 Å². The van der Waals surface area contributed by atoms with Crippen LogP contribution in [0.15, 0.2) is 59.6 Å². The predicted molar refractivity (Wildman–Crippen MR) is 101 cm³/mol. The summed E-state index contributed by atoms with van der Waals surface area (Å²) in [6.07, 6.45) is 3.19. The van der Waals surface area contributed by atoms with Gasteiger partial charge in [-0.05, 0) is 66.4 Å². The molecule has 2 aromatic carbocycles. The molecule has 0 saturated carbocycles. The number of amides is 1. The molecule has 3 aromatic rings. The summed E-state index contributed by atoms with van der Waals surface area (Å²) in [6, 6.07) is 11.3. The molecule has 0 radical (unpaired) electrons. The number of aromatic nitrogens is 2. The van der Waals surface area contributed by atoms with Crippen LogP contribution < -0.4 is 4.90 Å². The van der Waals surface area contributed by atoms with Crippen molar-refractivity contribution in [3.63, 3.8) is 0 Å². The van der Waals surface area contributed by atoms with E-state index in [4.69, 9.17) is 5.41 Å². The first kappa shape index (κ1) is 17.2. The molecule has 0 aliphatic carbocycles. The lowest BCUT2D eigenvalue weighted by Crippen LogP contribution is -2.28. The van der Waals surface area contributed by atoms with Crippen LogP contribution in [-0.2, 0) is 4.79 Å². The van der Waals surface area contributed by atoms with E-state index in [0.29, 0.717) is 21.8 Å². The number of hydrogen-bond donors (Lipinski definition) is 2. The summed E-state index contributed by atoms with van der Waals surface area (Å²) in [5, 5.41) is 15.0. The van der Waals surface area contributed by atoms with Crippen molar-refractivity contribution >= 4 is 34.6 Å². The van der Waals surface area contributed by atoms with Crippen LogP contribution >= 0.6 is 11.8 Å². The van der Waals surface area contributed by atoms with Crippen LogP contribution in [0, 0.1) is 17.0 Å². The summed E-state index contributed by atoms with van der Waals surface area (Å²) >= 11 is 1.01. The Balaban J connectivity index is 1.67. The average Bonchev–Trinajstić information content (AvgIpc) is 3.22. The molecule has 1 saturated heterocycles. The molecule has 0 bridgehead atoms. The molecule has 2 heterocycles. The van der Waals surface area contributed by atoms with E-state index in [1.165, 1.54) is 41.3 Å². The number of thioether (sulfide) groups is 1. The minimum absolute atomic E-state index is 0.0321. The Morgan fingerprint density at radius 2 is 1.67 bits per heavy atom. The van der Waals surface area contributed by atoms with Gasteiger partial charge in [-0.3, -0.25) is 20.2 Å². The second-order valence-corrected chi connectivity index (χ2v) is 6.77. The molecule has 4 rings (SSSR count). The van der Waals surface area contributed by atoms with Gasteiger partial charge in [-0.1, -0.05) is 0 Å². The van der Waals surface area contributed by atoms with Crippen molar-refractivity contribution in [3.8, 4) is 11.3 Å². The fraction of sp³-hybridized carbons (Fsp3) is 0. The lowest BCUT2D eigenvalue weighted by Gasteiger charge is -2.13. The van der Waals surface area contributed by atoms with Crippen LogP contribution in [0.4, 0.5) is 14.5 Å². The molecule has 0 unspecified atom stereocenters. The summed E-state index contributed by atoms with van der Waals surface area (Å²) in [5.74, 6) is -1.13. The van der Waals surface area contributed by atoms with Crippen molar-refractivity contribution < 1.29 is 13.6 Å². The number of aromatic amines is 1. The van der Waals surface area contributed by atoms with Crippen LogP contribution in [0.3, 0.4) is 0 Å². The number of H-pyrrole nitrogens is 1. The van der Waals surface area contributed by atoms with Crippen molar-refractivity contribution in [3.05, 3.63) is 76.8 Å². The van der Waals surface area contributed by atoms with Crippen molar-refractivity contribution in [1.82, 2.24) is 10.2 Å². The number of nitrogens with one attached hydrogen (secondary N) is 2. The maximum atomic E-state index is 13.1. The van der Waals surface area contributed by atoms with E-state index in [0.717, 1.165) is 17.3 Å². The molecular weight excluding hydrogens is 370 g/mol. The maximum Gasteiger partial charge on any atom is 0.271 e. The smallest absolute Gasteiger partial charge is 0.271 e. The van der Waals surface area contributed by atoms with Crippen LogP contribution in [0.1, 0.15) is 5.56 Å². The van der Waals surface area contributed by atoms with E-state index < -0.39 is 5.82 Å². The van der Waals surface area contributed by atoms with Crippen molar-refractivity contribution in [2.24, 2.45) is 0 Å². The standard InChI is InChI=1S/C19H12F2N4OS/c20-13-3-1-11(2-4-13)17-12(10-23-24-17)9-16-18(26)25(19(22)27-16)15-7-5-14(21)6-8-15/h1-10,22H,(H,23,24)/b16-9+,22-19?. The summed E-state index contributed by atoms with van der Waals surface area (Å²) in [4.78, 5) is 14.3. The first-order chi connectivity index (χ1) is 13.0. The topological polar surface area (TPSA) is 72.8 Å². The van der Waals surface area contributed by atoms with Crippen molar-refractivity contribution in [2.45, 2.75) is 0 Å². The van der Waals surface area contributed by atoms with Crippen molar-refractivity contribution in [1.29, 1.82) is 5.41 Å². The Kier molecular flexibility index (Phi) is 4.33. The van der Waals surface area contributed by atoms with E-state index in [1.54, 1.807) is 24.4 Å². The first-order valence-electron chi connectivity index (χ1n) is 7.90. The summed E-state index contributed by atoms with van der Waals surface area (Å²) < 4.78 is 26.3. The number of amidine groups is 1. The predicted octanol–water partition coefficient (Wildman–Crippen LogP) is 4.41. The van der Waals surface area contributed by atoms with E-state index >= 15 is 0 Å². The molecule has 0 atom stereocenters. The second kappa shape index (κ2) is 6.81. The summed E-state index contributed by atoms with van der Waals surface area (Å²) in [5.41, 5.74) is 2.43. The Morgan fingerprint density at radius 1 is 1.04 bits per heavy atom. The highest BCUT2D eigenvalue weighted by molar-refractivity contribution is 8.19. The number of rotatable bonds is 3. The third-order valence-corrected chi connectivity index (χ3v) is 4.88. The van der Waals surface area contributed by atoms with Gasteiger partial charge in [0.15, 0.2) is 5.17 Å². The summed E-state index contributed by atoms with van der Waals surface area (Å²) in [6.45, 7) is 0. The number of carbonyl (C=O) groups excluding carboxylic acids is 1. The minimum Gasteiger partial charge on any atom is -0.278 e. The maximum absolute atomic E-state index is 13.1. The lowest BCUT2D eigenvalue weighted by molar-refractivity contribution is -0.113. The quantitative estimate of drug-likeness (QED) is 0.659. The van der Waals surface area contributed by atoms with Crippen LogP contribution in [-0.4, -0.2) is 21.3 Å². The van der Waals surface area contributed by atoms with E-state index in [9.17, 15) is 13.6 Å². The zero-order valence-corrected chi connectivity index (χ0v) is 14.6. The van der Waals surface area contributed by atoms with Gasteiger partial charge in [0.1, 0.15) is 11.6 Å². The van der Waals surface area contributed by atoms with Gasteiger partial charge in [-0.25, -0.2) is 8.78 Å². The third kappa shape index (κ3) is 3.26. The van der Waals surface area contributed by atoms with E-state index in [-0.39, 0.29) is 16.9 Å². The normalized spacial score (nSPS) is 15.8. The number of benzene rings is 2. The Bertz CT molecular complexity index is 1060. The highest BCUT2D eigenvalue weighted by Crippen LogP contribution is 2.36. The van der Waals surface area contributed by atoms with Crippen LogP contribution in [0.5, 0.6) is 0 Å². The minimum atomic E-state index is -0.414. The van der Waals surface area contributed by atoms with Gasteiger partial charge in [0.05, 0.1) is 22.5 Å². The molecular formula is C19H12F2N4OS. The largest absolute Gasteiger partial charge is 0.278 e. The van der Waals surface area contributed by atoms with Gasteiger partial charge in [-0.15, -0.1) is 0 Å². The molecule has 1 aliphatic heterocycles. The molecule has 0 spiro atoms. The van der Waals surface area contributed by atoms with Gasteiger partial charge >= 0.3 is 0 Å². The number of anilines is 1. The monoisotopic (exact) mass is 382 g/mol. The lowest BCUT2D eigenvalue weighted by atomic mass is 10.1. The Morgan fingerprint density at radius 3 is 2.33 bits per heavy atom. The SMILES string of the molecule is N=C1S/C(=C/c2cn[nH]c2-c2ccc(F)cc2)C(=O)N1c1ccc(F)cc1. The molecule has 8 heteroatoms. The molecule has 5 nitrogen and oxygen atoms in total. The van der Waals surface area contributed by atoms with Crippen molar-refractivity contribution in [2.75, 3.05) is 4.90 Å². The molecule has 1 fully saturated rings. The number of nitrogens with zero attached hydrogens (tertiary/aromatic N) is 2. The van der Waals surface area contributed by atoms with Gasteiger partial charge < -0.3 is 0 Å². The number of halogens is 2. The van der Waals surface area contributed by atoms with Gasteiger partial charge in [0.25, 0.3) is 5.91 Å². The molecule has 1 aliphatic rings. The second-order valence-electron chi connectivity index (χ2n) is 5.74. The third-order valence-electron chi connectivity index (χ3n) is 4.00. The van der Waals surface area contributed by atoms with E-state index in [2.05, 4.69) is 10.2 Å². The highest BCUT2D eigenvalue weighted by atomic mass is 32.2.